The van der Waals surface area contributed by atoms with E-state index in [-0.39, 0.29) is 6.61 Å². The average molecular weight is 245 g/mol. The highest BCUT2D eigenvalue weighted by Gasteiger charge is 2.08. The molecule has 1 aliphatic heterocycles. The standard InChI is InChI=1S/C14H15NO3/c16-14(17)11-18-10-9-15-8-4-3-6-12-5-1-2-7-13(12)15/h1-8H,9-11H2,(H,16,17). The third kappa shape index (κ3) is 3.21. The van der Waals surface area contributed by atoms with E-state index in [1.165, 1.54) is 0 Å². The van der Waals surface area contributed by atoms with Crippen molar-refractivity contribution in [3.63, 3.8) is 0 Å². The van der Waals surface area contributed by atoms with Gasteiger partial charge in [-0.3, -0.25) is 0 Å². The number of carboxylic acid groups (broad SMARTS) is 1. The number of ether oxygens (including phenoxy) is 1. The predicted octanol–water partition coefficient (Wildman–Crippen LogP) is 2.13. The third-order valence-electron chi connectivity index (χ3n) is 2.60. The zero-order chi connectivity index (χ0) is 12.8. The summed E-state index contributed by atoms with van der Waals surface area (Å²) >= 11 is 0. The highest BCUT2D eigenvalue weighted by Crippen LogP contribution is 2.23. The van der Waals surface area contributed by atoms with Crippen LogP contribution >= 0.6 is 0 Å². The van der Waals surface area contributed by atoms with Crippen LogP contribution in [0, 0.1) is 0 Å². The summed E-state index contributed by atoms with van der Waals surface area (Å²) in [6.07, 6.45) is 7.95. The van der Waals surface area contributed by atoms with Gasteiger partial charge in [0.1, 0.15) is 6.61 Å². The second-order valence-corrected chi connectivity index (χ2v) is 3.90. The number of fused-ring (bicyclic) bond motifs is 1. The van der Waals surface area contributed by atoms with Crippen molar-refractivity contribution in [1.82, 2.24) is 0 Å². The number of carboxylic acids is 1. The van der Waals surface area contributed by atoms with Gasteiger partial charge in [-0.1, -0.05) is 30.4 Å². The van der Waals surface area contributed by atoms with Crippen LogP contribution in [-0.2, 0) is 9.53 Å². The lowest BCUT2D eigenvalue weighted by molar-refractivity contribution is -0.142. The van der Waals surface area contributed by atoms with Crippen molar-refractivity contribution < 1.29 is 14.6 Å². The number of nitrogens with zero attached hydrogens (tertiary/aromatic N) is 1. The van der Waals surface area contributed by atoms with Crippen LogP contribution in [-0.4, -0.2) is 30.8 Å². The minimum atomic E-state index is -0.941. The van der Waals surface area contributed by atoms with Gasteiger partial charge in [0.2, 0.25) is 0 Å². The van der Waals surface area contributed by atoms with Crippen LogP contribution in [0.15, 0.2) is 42.6 Å². The van der Waals surface area contributed by atoms with Gasteiger partial charge in [-0.05, 0) is 17.7 Å². The number of allylic oxidation sites excluding steroid dienone is 2. The average Bonchev–Trinajstić information content (AvgIpc) is 2.57. The monoisotopic (exact) mass is 245 g/mol. The Morgan fingerprint density at radius 3 is 2.94 bits per heavy atom. The second kappa shape index (κ2) is 6.02. The van der Waals surface area contributed by atoms with Gasteiger partial charge in [0.15, 0.2) is 0 Å². The van der Waals surface area contributed by atoms with Crippen molar-refractivity contribution in [3.05, 3.63) is 48.2 Å². The number of para-hydroxylation sites is 1. The number of carbonyl (C=O) groups is 1. The Balaban J connectivity index is 1.99. The van der Waals surface area contributed by atoms with Gasteiger partial charge in [-0.2, -0.15) is 0 Å². The summed E-state index contributed by atoms with van der Waals surface area (Å²) in [4.78, 5) is 12.4. The Labute approximate surface area is 106 Å². The normalized spacial score (nSPS) is 13.2. The topological polar surface area (TPSA) is 49.8 Å². The fraction of sp³-hybridized carbons (Fsp3) is 0.214. The van der Waals surface area contributed by atoms with Gasteiger partial charge < -0.3 is 14.7 Å². The first-order valence-electron chi connectivity index (χ1n) is 5.77. The van der Waals surface area contributed by atoms with Gasteiger partial charge in [-0.15, -0.1) is 0 Å². The first-order valence-corrected chi connectivity index (χ1v) is 5.77. The molecule has 1 aliphatic rings. The van der Waals surface area contributed by atoms with Crippen molar-refractivity contribution >= 4 is 17.7 Å². The lowest BCUT2D eigenvalue weighted by Gasteiger charge is -2.21. The highest BCUT2D eigenvalue weighted by molar-refractivity contribution is 5.71. The highest BCUT2D eigenvalue weighted by atomic mass is 16.5. The predicted molar refractivity (Wildman–Crippen MR) is 70.4 cm³/mol. The Kier molecular flexibility index (Phi) is 4.15. The Bertz CT molecular complexity index is 480. The molecule has 0 unspecified atom stereocenters. The molecule has 18 heavy (non-hydrogen) atoms. The minimum absolute atomic E-state index is 0.253. The van der Waals surface area contributed by atoms with Crippen LogP contribution < -0.4 is 4.90 Å². The third-order valence-corrected chi connectivity index (χ3v) is 2.60. The molecule has 0 aromatic heterocycles. The lowest BCUT2D eigenvalue weighted by atomic mass is 10.1. The minimum Gasteiger partial charge on any atom is -0.480 e. The summed E-state index contributed by atoms with van der Waals surface area (Å²) in [6.45, 7) is 0.755. The first-order chi connectivity index (χ1) is 8.77. The van der Waals surface area contributed by atoms with Crippen molar-refractivity contribution in [2.24, 2.45) is 0 Å². The largest absolute Gasteiger partial charge is 0.480 e. The van der Waals surface area contributed by atoms with Gasteiger partial charge >= 0.3 is 5.97 Å². The molecule has 94 valence electrons. The molecular weight excluding hydrogens is 230 g/mol. The van der Waals surface area contributed by atoms with Crippen LogP contribution in [0.25, 0.3) is 6.08 Å². The van der Waals surface area contributed by atoms with Crippen molar-refractivity contribution in [2.45, 2.75) is 0 Å². The maximum absolute atomic E-state index is 10.3. The van der Waals surface area contributed by atoms with E-state index in [9.17, 15) is 4.79 Å². The lowest BCUT2D eigenvalue weighted by Crippen LogP contribution is -2.23. The molecule has 4 nitrogen and oxygen atoms in total. The summed E-state index contributed by atoms with van der Waals surface area (Å²) in [5.41, 5.74) is 2.24. The van der Waals surface area contributed by atoms with Crippen LogP contribution in [0.2, 0.25) is 0 Å². The molecule has 2 rings (SSSR count). The molecule has 0 amide bonds. The van der Waals surface area contributed by atoms with E-state index in [4.69, 9.17) is 9.84 Å². The summed E-state index contributed by atoms with van der Waals surface area (Å²) in [6, 6.07) is 8.06. The maximum Gasteiger partial charge on any atom is 0.329 e. The molecule has 0 bridgehead atoms. The Hall–Kier alpha value is -2.07. The molecule has 0 aliphatic carbocycles. The number of rotatable bonds is 5. The van der Waals surface area contributed by atoms with Crippen LogP contribution in [0.4, 0.5) is 5.69 Å². The summed E-state index contributed by atoms with van der Waals surface area (Å²) in [5.74, 6) is -0.941. The van der Waals surface area contributed by atoms with E-state index >= 15 is 0 Å². The van der Waals surface area contributed by atoms with Crippen molar-refractivity contribution in [2.75, 3.05) is 24.7 Å². The number of benzene rings is 1. The van der Waals surface area contributed by atoms with Crippen molar-refractivity contribution in [3.8, 4) is 0 Å². The van der Waals surface area contributed by atoms with E-state index in [1.54, 1.807) is 0 Å². The molecule has 1 aromatic carbocycles. The van der Waals surface area contributed by atoms with Crippen molar-refractivity contribution in [1.29, 1.82) is 0 Å². The zero-order valence-electron chi connectivity index (χ0n) is 9.95. The van der Waals surface area contributed by atoms with E-state index in [0.717, 1.165) is 11.3 Å². The van der Waals surface area contributed by atoms with Crippen LogP contribution in [0.1, 0.15) is 5.56 Å². The molecule has 1 heterocycles. The van der Waals surface area contributed by atoms with E-state index in [0.29, 0.717) is 13.2 Å². The fourth-order valence-corrected chi connectivity index (χ4v) is 1.80. The number of aliphatic carboxylic acids is 1. The van der Waals surface area contributed by atoms with Gasteiger partial charge in [-0.25, -0.2) is 4.79 Å². The van der Waals surface area contributed by atoms with E-state index in [1.807, 2.05) is 48.7 Å². The molecular formula is C14H15NO3. The molecule has 0 saturated carbocycles. The van der Waals surface area contributed by atoms with E-state index in [2.05, 4.69) is 4.90 Å². The maximum atomic E-state index is 10.3. The zero-order valence-corrected chi connectivity index (χ0v) is 9.95. The molecule has 4 heteroatoms. The van der Waals surface area contributed by atoms with Gasteiger partial charge in [0, 0.05) is 18.4 Å². The quantitative estimate of drug-likeness (QED) is 0.807. The first kappa shape index (κ1) is 12.4. The fourth-order valence-electron chi connectivity index (χ4n) is 1.80. The number of anilines is 1. The molecule has 0 saturated heterocycles. The number of hydrogen-bond acceptors (Lipinski definition) is 3. The Morgan fingerprint density at radius 2 is 2.11 bits per heavy atom. The molecule has 0 radical (unpaired) electrons. The van der Waals surface area contributed by atoms with E-state index < -0.39 is 5.97 Å². The smallest absolute Gasteiger partial charge is 0.329 e. The summed E-state index contributed by atoms with van der Waals surface area (Å²) in [5, 5.41) is 8.49. The summed E-state index contributed by atoms with van der Waals surface area (Å²) < 4.78 is 5.06. The summed E-state index contributed by atoms with van der Waals surface area (Å²) in [7, 11) is 0. The molecule has 1 aromatic rings. The molecule has 0 atom stereocenters. The SMILES string of the molecule is O=C(O)COCCN1C=CC=Cc2ccccc21. The Morgan fingerprint density at radius 1 is 1.28 bits per heavy atom. The van der Waals surface area contributed by atoms with Crippen LogP contribution in [0.5, 0.6) is 0 Å². The molecule has 0 fully saturated rings. The van der Waals surface area contributed by atoms with Gasteiger partial charge in [0.05, 0.1) is 6.61 Å². The molecule has 0 spiro atoms. The second-order valence-electron chi connectivity index (χ2n) is 3.90. The molecule has 1 N–H and O–H groups in total. The van der Waals surface area contributed by atoms with Crippen LogP contribution in [0.3, 0.4) is 0 Å². The number of hydrogen-bond donors (Lipinski definition) is 1. The van der Waals surface area contributed by atoms with Gasteiger partial charge in [0.25, 0.3) is 0 Å².